The lowest BCUT2D eigenvalue weighted by atomic mass is 10.0. The van der Waals surface area contributed by atoms with Crippen molar-refractivity contribution in [3.8, 4) is 0 Å². The number of carbonyl (C=O) groups is 3. The van der Waals surface area contributed by atoms with Crippen molar-refractivity contribution in [3.05, 3.63) is 35.0 Å². The number of allylic oxidation sites excluding steroid dienone is 1. The molecule has 0 aliphatic carbocycles. The third kappa shape index (κ3) is 3.28. The summed E-state index contributed by atoms with van der Waals surface area (Å²) in [4.78, 5) is 46.4. The van der Waals surface area contributed by atoms with Gasteiger partial charge in [-0.3, -0.25) is 14.5 Å². The van der Waals surface area contributed by atoms with Gasteiger partial charge in [-0.2, -0.15) is 0 Å². The fraction of sp³-hybridized carbons (Fsp3) is 0.267. The first-order valence-electron chi connectivity index (χ1n) is 7.56. The maximum atomic E-state index is 12.6. The molecule has 4 N–H and O–H groups in total. The number of anilines is 1. The van der Waals surface area contributed by atoms with Crippen LogP contribution in [0.2, 0.25) is 0 Å². The summed E-state index contributed by atoms with van der Waals surface area (Å²) in [5, 5.41) is 16.9. The molecule has 2 aliphatic rings. The molecule has 2 amide bonds. The number of hydrogen-bond acceptors (Lipinski definition) is 9. The molecule has 1 aromatic heterocycles. The van der Waals surface area contributed by atoms with Crippen molar-refractivity contribution in [1.82, 2.24) is 15.2 Å². The molecule has 1 aromatic rings. The molecule has 27 heavy (non-hydrogen) atoms. The van der Waals surface area contributed by atoms with Gasteiger partial charge >= 0.3 is 5.97 Å². The minimum absolute atomic E-state index is 0.109. The number of carboxylic acid groups (broad SMARTS) is 1. The summed E-state index contributed by atoms with van der Waals surface area (Å²) in [5.41, 5.74) is 6.02. The number of aromatic nitrogens is 1. The monoisotopic (exact) mass is 409 g/mol. The second-order valence-corrected chi connectivity index (χ2v) is 7.43. The Labute approximate surface area is 161 Å². The van der Waals surface area contributed by atoms with Gasteiger partial charge in [0.05, 0.1) is 0 Å². The summed E-state index contributed by atoms with van der Waals surface area (Å²) < 4.78 is 0. The van der Waals surface area contributed by atoms with Gasteiger partial charge in [0.25, 0.3) is 11.8 Å². The van der Waals surface area contributed by atoms with Gasteiger partial charge in [0, 0.05) is 11.1 Å². The third-order valence-electron chi connectivity index (χ3n) is 3.90. The zero-order valence-corrected chi connectivity index (χ0v) is 15.7. The van der Waals surface area contributed by atoms with Crippen LogP contribution >= 0.6 is 23.1 Å². The average Bonchev–Trinajstić information content (AvgIpc) is 3.08. The van der Waals surface area contributed by atoms with E-state index in [0.29, 0.717) is 11.3 Å². The van der Waals surface area contributed by atoms with Crippen LogP contribution in [0.5, 0.6) is 0 Å². The number of nitrogen functional groups attached to an aromatic ring is 1. The van der Waals surface area contributed by atoms with E-state index in [9.17, 15) is 19.5 Å². The van der Waals surface area contributed by atoms with Crippen LogP contribution in [0.4, 0.5) is 5.13 Å². The number of nitrogens with two attached hydrogens (primary N) is 1. The first-order chi connectivity index (χ1) is 12.9. The van der Waals surface area contributed by atoms with Crippen molar-refractivity contribution in [3.63, 3.8) is 0 Å². The zero-order valence-electron chi connectivity index (χ0n) is 14.0. The number of carbonyl (C=O) groups excluding carboxylic acids is 2. The lowest BCUT2D eigenvalue weighted by molar-refractivity contribution is -0.150. The molecule has 2 unspecified atom stereocenters. The van der Waals surface area contributed by atoms with Crippen molar-refractivity contribution in [2.45, 2.75) is 11.4 Å². The molecule has 3 heterocycles. The van der Waals surface area contributed by atoms with Crippen molar-refractivity contribution < 1.29 is 24.3 Å². The van der Waals surface area contributed by atoms with E-state index >= 15 is 0 Å². The molecular weight excluding hydrogens is 394 g/mol. The van der Waals surface area contributed by atoms with E-state index in [4.69, 9.17) is 5.73 Å². The molecule has 3 rings (SSSR count). The smallest absolute Gasteiger partial charge is 0.352 e. The number of β-lactam (4-membered cyclic amide) rings is 1. The van der Waals surface area contributed by atoms with Crippen molar-refractivity contribution >= 4 is 51.7 Å². The van der Waals surface area contributed by atoms with E-state index in [1.54, 1.807) is 5.38 Å². The number of thiazole rings is 1. The molecule has 0 spiro atoms. The largest absolute Gasteiger partial charge is 0.477 e. The Hall–Kier alpha value is -2.86. The van der Waals surface area contributed by atoms with Crippen LogP contribution in [0.1, 0.15) is 5.69 Å². The standard InChI is InChI=1S/C15H15N5O5S2/c1-3-6-4-26-13-9(12(22)20(13)10(6)14(23)24)18-11(21)8(19-25-2)7-5-27-15(16)17-7/h3,5,9,13H,1,4H2,2H3,(H2,16,17)(H,18,21)(H,23,24)/b19-8-. The van der Waals surface area contributed by atoms with Crippen LogP contribution in [0.25, 0.3) is 0 Å². The van der Waals surface area contributed by atoms with Crippen LogP contribution in [-0.4, -0.2) is 62.8 Å². The summed E-state index contributed by atoms with van der Waals surface area (Å²) in [6.45, 7) is 3.58. The van der Waals surface area contributed by atoms with Gasteiger partial charge in [-0.05, 0) is 5.57 Å². The van der Waals surface area contributed by atoms with E-state index in [-0.39, 0.29) is 22.2 Å². The first kappa shape index (κ1) is 18.9. The summed E-state index contributed by atoms with van der Waals surface area (Å²) in [6, 6.07) is -0.888. The zero-order chi connectivity index (χ0) is 19.7. The predicted molar refractivity (Wildman–Crippen MR) is 100.0 cm³/mol. The SMILES string of the molecule is C=CC1=C(C(=O)O)N2C(=O)C(NC(=O)/C(=N\OC)c3csc(N)n3)C2SC1. The minimum Gasteiger partial charge on any atom is -0.477 e. The summed E-state index contributed by atoms with van der Waals surface area (Å²) in [5.74, 6) is -2.04. The lowest BCUT2D eigenvalue weighted by Gasteiger charge is -2.49. The van der Waals surface area contributed by atoms with Crippen molar-refractivity contribution in [2.75, 3.05) is 18.6 Å². The van der Waals surface area contributed by atoms with E-state index in [0.717, 1.165) is 16.2 Å². The minimum atomic E-state index is -1.21. The second kappa shape index (κ2) is 7.40. The van der Waals surface area contributed by atoms with Crippen molar-refractivity contribution in [2.24, 2.45) is 5.16 Å². The Balaban J connectivity index is 1.80. The normalized spacial score (nSPS) is 22.0. The molecule has 2 aliphatic heterocycles. The van der Waals surface area contributed by atoms with Gasteiger partial charge in [0.15, 0.2) is 10.8 Å². The van der Waals surface area contributed by atoms with Gasteiger partial charge in [-0.25, -0.2) is 9.78 Å². The number of nitrogens with zero attached hydrogens (tertiary/aromatic N) is 3. The van der Waals surface area contributed by atoms with E-state index < -0.39 is 29.2 Å². The molecule has 0 aromatic carbocycles. The molecule has 0 saturated carbocycles. The molecule has 2 atom stereocenters. The number of carboxylic acids is 1. The van der Waals surface area contributed by atoms with Crippen molar-refractivity contribution in [1.29, 1.82) is 0 Å². The fourth-order valence-corrected chi connectivity index (χ4v) is 4.59. The number of nitrogens with one attached hydrogen (secondary N) is 1. The molecule has 10 nitrogen and oxygen atoms in total. The second-order valence-electron chi connectivity index (χ2n) is 5.44. The van der Waals surface area contributed by atoms with Crippen LogP contribution in [0.3, 0.4) is 0 Å². The maximum absolute atomic E-state index is 12.6. The Bertz CT molecular complexity index is 893. The van der Waals surface area contributed by atoms with Gasteiger partial charge in [-0.1, -0.05) is 17.8 Å². The van der Waals surface area contributed by atoms with Crippen LogP contribution in [0.15, 0.2) is 34.5 Å². The number of fused-ring (bicyclic) bond motifs is 1. The average molecular weight is 409 g/mol. The quantitative estimate of drug-likeness (QED) is 0.338. The number of amides is 2. The number of aliphatic carboxylic acids is 1. The Morgan fingerprint density at radius 3 is 2.89 bits per heavy atom. The molecular formula is C15H15N5O5S2. The summed E-state index contributed by atoms with van der Waals surface area (Å²) in [6.07, 6.45) is 1.42. The third-order valence-corrected chi connectivity index (χ3v) is 5.87. The Morgan fingerprint density at radius 1 is 1.59 bits per heavy atom. The number of oxime groups is 1. The molecule has 0 bridgehead atoms. The topological polar surface area (TPSA) is 147 Å². The molecule has 12 heteroatoms. The summed E-state index contributed by atoms with van der Waals surface area (Å²) >= 11 is 2.47. The predicted octanol–water partition coefficient (Wildman–Crippen LogP) is 0.000400. The number of hydrogen-bond donors (Lipinski definition) is 3. The van der Waals surface area contributed by atoms with Crippen LogP contribution < -0.4 is 11.1 Å². The van der Waals surface area contributed by atoms with Gasteiger partial charge < -0.3 is 21.0 Å². The number of thioether (sulfide) groups is 1. The molecule has 1 saturated heterocycles. The Kier molecular flexibility index (Phi) is 5.19. The van der Waals surface area contributed by atoms with Gasteiger partial charge in [0.2, 0.25) is 0 Å². The molecule has 142 valence electrons. The van der Waals surface area contributed by atoms with Crippen LogP contribution in [0, 0.1) is 0 Å². The van der Waals surface area contributed by atoms with Crippen LogP contribution in [-0.2, 0) is 19.2 Å². The highest BCUT2D eigenvalue weighted by molar-refractivity contribution is 8.00. The van der Waals surface area contributed by atoms with E-state index in [1.807, 2.05) is 0 Å². The maximum Gasteiger partial charge on any atom is 0.352 e. The van der Waals surface area contributed by atoms with E-state index in [1.165, 1.54) is 24.9 Å². The molecule has 1 fully saturated rings. The first-order valence-corrected chi connectivity index (χ1v) is 9.48. The highest BCUT2D eigenvalue weighted by Crippen LogP contribution is 2.40. The Morgan fingerprint density at radius 2 is 2.33 bits per heavy atom. The van der Waals surface area contributed by atoms with E-state index in [2.05, 4.69) is 26.9 Å². The number of rotatable bonds is 6. The van der Waals surface area contributed by atoms with Gasteiger partial charge in [-0.15, -0.1) is 23.1 Å². The highest BCUT2D eigenvalue weighted by Gasteiger charge is 2.54. The highest BCUT2D eigenvalue weighted by atomic mass is 32.2. The fourth-order valence-electron chi connectivity index (χ4n) is 2.70. The van der Waals surface area contributed by atoms with Gasteiger partial charge in [0.1, 0.15) is 29.9 Å². The molecule has 0 radical (unpaired) electrons. The summed E-state index contributed by atoms with van der Waals surface area (Å²) in [7, 11) is 1.27. The lowest BCUT2D eigenvalue weighted by Crippen LogP contribution is -2.71.